The van der Waals surface area contributed by atoms with Gasteiger partial charge < -0.3 is 39.9 Å². The second kappa shape index (κ2) is 18.0. The first-order chi connectivity index (χ1) is 29.6. The third-order valence-electron chi connectivity index (χ3n) is 12.3. The van der Waals surface area contributed by atoms with Crippen molar-refractivity contribution in [3.63, 3.8) is 0 Å². The van der Waals surface area contributed by atoms with E-state index in [9.17, 15) is 19.2 Å². The lowest BCUT2D eigenvalue weighted by Gasteiger charge is -2.30. The standard InChI is InChI=1S/C47H54N8O6/c1-28(2)40(53-47(59)61-4)45(57)55-24-7-13-38(55)42-48-27-37(50-42)33-19-15-31(16-20-33)32-17-21-34(22-18-32)41-35-12-6-10-29-9-5-11-30(25-29)26-36(51-46(58)60-3)44(56)54-23-8-14-39(54)43(49-35)52-41/h5,9,11,15-22,25,27-28,36,38-40H,6-8,10,12-14,23-24,26H2,1-4H3,(H,48,50)(H,49,52)(H,51,58)(H,53,59)/t36-,38+,39-,40-/m0/s1. The topological polar surface area (TPSA) is 175 Å². The van der Waals surface area contributed by atoms with Crippen molar-refractivity contribution in [2.45, 2.75) is 89.4 Å². The van der Waals surface area contributed by atoms with Gasteiger partial charge in [-0.05, 0) is 78.7 Å². The number of aromatic amines is 2. The van der Waals surface area contributed by atoms with Gasteiger partial charge in [0.05, 0.1) is 43.9 Å². The van der Waals surface area contributed by atoms with Crippen molar-refractivity contribution in [1.29, 1.82) is 0 Å². The molecule has 4 amide bonds. The largest absolute Gasteiger partial charge is 0.453 e. The van der Waals surface area contributed by atoms with E-state index < -0.39 is 24.3 Å². The van der Waals surface area contributed by atoms with Gasteiger partial charge >= 0.3 is 12.2 Å². The maximum Gasteiger partial charge on any atom is 0.407 e. The van der Waals surface area contributed by atoms with Crippen LogP contribution in [0, 0.1) is 5.92 Å². The molecule has 0 spiro atoms. The number of H-pyrrole nitrogens is 2. The highest BCUT2D eigenvalue weighted by atomic mass is 16.5. The first kappa shape index (κ1) is 41.3. The predicted octanol–water partition coefficient (Wildman–Crippen LogP) is 7.30. The summed E-state index contributed by atoms with van der Waals surface area (Å²) in [6.45, 7) is 4.98. The highest BCUT2D eigenvalue weighted by Crippen LogP contribution is 2.36. The number of alkyl carbamates (subject to hydrolysis) is 2. The number of imidazole rings is 2. The molecular formula is C47H54N8O6. The van der Waals surface area contributed by atoms with Crippen LogP contribution >= 0.6 is 0 Å². The quantitative estimate of drug-likeness (QED) is 0.126. The third kappa shape index (κ3) is 8.89. The molecule has 4 atom stereocenters. The van der Waals surface area contributed by atoms with E-state index in [2.05, 4.69) is 81.3 Å². The first-order valence-corrected chi connectivity index (χ1v) is 21.3. The number of aryl methyl sites for hydroxylation is 2. The molecule has 61 heavy (non-hydrogen) atoms. The SMILES string of the molecule is COC(=O)N[C@H]1Cc2cccc(c2)CCCc2[nH]c(nc2-c2ccc(-c3ccc(-c4cnc([C@H]5CCCN5C(=O)[C@@H](NC(=O)OC)C(C)C)[nH]4)cc3)cc2)[C@@H]2CCCN2C1=O. The molecule has 14 heteroatoms. The smallest absolute Gasteiger partial charge is 0.407 e. The average Bonchev–Trinajstić information content (AvgIpc) is 4.12. The Balaban J connectivity index is 0.997. The van der Waals surface area contributed by atoms with E-state index in [1.807, 2.05) is 42.0 Å². The number of carbonyl (C=O) groups is 4. The van der Waals surface area contributed by atoms with Crippen LogP contribution in [0.15, 0.2) is 79.0 Å². The van der Waals surface area contributed by atoms with Crippen LogP contribution in [0.2, 0.25) is 0 Å². The molecule has 4 N–H and O–H groups in total. The van der Waals surface area contributed by atoms with Crippen molar-refractivity contribution in [3.8, 4) is 33.6 Å². The number of likely N-dealkylation sites (tertiary alicyclic amines) is 1. The average molecular weight is 827 g/mol. The van der Waals surface area contributed by atoms with E-state index in [1.54, 1.807) is 0 Å². The van der Waals surface area contributed by atoms with Crippen molar-refractivity contribution < 1.29 is 28.7 Å². The summed E-state index contributed by atoms with van der Waals surface area (Å²) in [4.78, 5) is 72.8. The van der Waals surface area contributed by atoms with Gasteiger partial charge in [-0.2, -0.15) is 0 Å². The molecule has 3 aliphatic heterocycles. The lowest BCUT2D eigenvalue weighted by atomic mass is 9.98. The molecule has 5 heterocycles. The molecule has 8 rings (SSSR count). The van der Waals surface area contributed by atoms with Crippen molar-refractivity contribution in [2.75, 3.05) is 27.3 Å². The number of rotatable bonds is 8. The predicted molar refractivity (Wildman–Crippen MR) is 230 cm³/mol. The van der Waals surface area contributed by atoms with E-state index in [-0.39, 0.29) is 29.8 Å². The number of benzene rings is 3. The number of fused-ring (bicyclic) bond motifs is 6. The van der Waals surface area contributed by atoms with Gasteiger partial charge in [0.25, 0.3) is 0 Å². The fraction of sp³-hybridized carbons (Fsp3) is 0.404. The summed E-state index contributed by atoms with van der Waals surface area (Å²) in [6.07, 6.45) is 6.76. The van der Waals surface area contributed by atoms with Crippen LogP contribution < -0.4 is 10.6 Å². The van der Waals surface area contributed by atoms with E-state index >= 15 is 0 Å². The van der Waals surface area contributed by atoms with Crippen LogP contribution in [0.5, 0.6) is 0 Å². The molecule has 5 aromatic rings. The number of nitrogens with zero attached hydrogens (tertiary/aromatic N) is 4. The highest BCUT2D eigenvalue weighted by Gasteiger charge is 2.39. The number of amides is 4. The number of methoxy groups -OCH3 is 2. The molecule has 0 saturated carbocycles. The summed E-state index contributed by atoms with van der Waals surface area (Å²) in [5.41, 5.74) is 9.07. The van der Waals surface area contributed by atoms with Crippen LogP contribution in [0.25, 0.3) is 33.6 Å². The molecule has 2 fully saturated rings. The van der Waals surface area contributed by atoms with Crippen LogP contribution in [0.3, 0.4) is 0 Å². The Labute approximate surface area is 355 Å². The van der Waals surface area contributed by atoms with Gasteiger partial charge in [0, 0.05) is 30.8 Å². The minimum absolute atomic E-state index is 0.109. The molecule has 0 aliphatic carbocycles. The Kier molecular flexibility index (Phi) is 12.2. The van der Waals surface area contributed by atoms with Crippen molar-refractivity contribution >= 4 is 24.0 Å². The number of aromatic nitrogens is 4. The maximum absolute atomic E-state index is 14.1. The van der Waals surface area contributed by atoms with E-state index in [0.717, 1.165) is 101 Å². The van der Waals surface area contributed by atoms with Crippen LogP contribution in [0.1, 0.15) is 86.5 Å². The second-order valence-electron chi connectivity index (χ2n) is 16.6. The molecule has 4 bridgehead atoms. The summed E-state index contributed by atoms with van der Waals surface area (Å²) in [5, 5.41) is 5.51. The zero-order valence-electron chi connectivity index (χ0n) is 35.2. The van der Waals surface area contributed by atoms with Gasteiger partial charge in [0.15, 0.2) is 0 Å². The summed E-state index contributed by atoms with van der Waals surface area (Å²) >= 11 is 0. The molecular weight excluding hydrogens is 773 g/mol. The highest BCUT2D eigenvalue weighted by molar-refractivity contribution is 5.87. The molecule has 318 valence electrons. The van der Waals surface area contributed by atoms with E-state index in [0.29, 0.717) is 19.5 Å². The molecule has 3 aliphatic rings. The summed E-state index contributed by atoms with van der Waals surface area (Å²) in [7, 11) is 2.60. The van der Waals surface area contributed by atoms with Crippen molar-refractivity contribution in [1.82, 2.24) is 40.4 Å². The summed E-state index contributed by atoms with van der Waals surface area (Å²) in [5.74, 6) is 1.10. The number of ether oxygens (including phenoxy) is 2. The van der Waals surface area contributed by atoms with Gasteiger partial charge in [0.2, 0.25) is 11.8 Å². The molecule has 0 unspecified atom stereocenters. The fourth-order valence-electron chi connectivity index (χ4n) is 9.05. The molecule has 0 radical (unpaired) electrons. The fourth-order valence-corrected chi connectivity index (χ4v) is 9.05. The Morgan fingerprint density at radius 1 is 0.770 bits per heavy atom. The number of hydrogen-bond acceptors (Lipinski definition) is 8. The second-order valence-corrected chi connectivity index (χ2v) is 16.6. The minimum atomic E-state index is -0.763. The van der Waals surface area contributed by atoms with Gasteiger partial charge in [0.1, 0.15) is 23.7 Å². The molecule has 14 nitrogen and oxygen atoms in total. The van der Waals surface area contributed by atoms with Crippen molar-refractivity contribution in [3.05, 3.63) is 107 Å². The molecule has 3 aromatic carbocycles. The maximum atomic E-state index is 14.1. The normalized spacial score (nSPS) is 19.6. The van der Waals surface area contributed by atoms with E-state index in [1.165, 1.54) is 19.8 Å². The summed E-state index contributed by atoms with van der Waals surface area (Å²) in [6, 6.07) is 23.1. The monoisotopic (exact) mass is 826 g/mol. The van der Waals surface area contributed by atoms with Crippen LogP contribution in [0.4, 0.5) is 9.59 Å². The number of carbonyl (C=O) groups excluding carboxylic acids is 4. The molecule has 2 saturated heterocycles. The van der Waals surface area contributed by atoms with Gasteiger partial charge in [-0.1, -0.05) is 86.6 Å². The Morgan fingerprint density at radius 2 is 1.44 bits per heavy atom. The summed E-state index contributed by atoms with van der Waals surface area (Å²) < 4.78 is 9.68. The zero-order valence-corrected chi connectivity index (χ0v) is 35.2. The minimum Gasteiger partial charge on any atom is -0.453 e. The Hall–Kier alpha value is -6.44. The van der Waals surface area contributed by atoms with Crippen molar-refractivity contribution in [2.24, 2.45) is 5.92 Å². The lowest BCUT2D eigenvalue weighted by molar-refractivity contribution is -0.135. The van der Waals surface area contributed by atoms with Crippen LogP contribution in [-0.2, 0) is 38.3 Å². The third-order valence-corrected chi connectivity index (χ3v) is 12.3. The Morgan fingerprint density at radius 3 is 2.16 bits per heavy atom. The zero-order chi connectivity index (χ0) is 42.6. The molecule has 2 aromatic heterocycles. The van der Waals surface area contributed by atoms with Crippen LogP contribution in [-0.4, -0.2) is 93.1 Å². The van der Waals surface area contributed by atoms with Gasteiger partial charge in [-0.25, -0.2) is 19.6 Å². The van der Waals surface area contributed by atoms with Gasteiger partial charge in [-0.3, -0.25) is 9.59 Å². The van der Waals surface area contributed by atoms with E-state index in [4.69, 9.17) is 19.4 Å². The van der Waals surface area contributed by atoms with Gasteiger partial charge in [-0.15, -0.1) is 0 Å². The lowest BCUT2D eigenvalue weighted by Crippen LogP contribution is -2.51. The Bertz CT molecular complexity index is 2370. The number of hydrogen-bond donors (Lipinski definition) is 4. The first-order valence-electron chi connectivity index (χ1n) is 21.3. The number of nitrogens with one attached hydrogen (secondary N) is 4.